The van der Waals surface area contributed by atoms with Crippen molar-refractivity contribution >= 4 is 12.2 Å². The Morgan fingerprint density at radius 3 is 2.55 bits per heavy atom. The molecule has 2 rings (SSSR count). The highest BCUT2D eigenvalue weighted by atomic mass is 19.4. The van der Waals surface area contributed by atoms with Crippen LogP contribution in [0.1, 0.15) is 17.0 Å². The van der Waals surface area contributed by atoms with Crippen LogP contribution in [0.25, 0.3) is 12.2 Å². The second kappa shape index (κ2) is 5.28. The lowest BCUT2D eigenvalue weighted by Crippen LogP contribution is -2.19. The predicted molar refractivity (Wildman–Crippen MR) is 65.2 cm³/mol. The molecule has 20 heavy (non-hydrogen) atoms. The third-order valence-electron chi connectivity index (χ3n) is 2.37. The Labute approximate surface area is 110 Å². The third kappa shape index (κ3) is 3.53. The molecule has 1 N–H and O–H groups in total. The van der Waals surface area contributed by atoms with E-state index in [1.807, 2.05) is 0 Å². The molecular formula is C13H8F4N2O. The first-order valence-electron chi connectivity index (χ1n) is 5.47. The van der Waals surface area contributed by atoms with Gasteiger partial charge in [-0.1, -0.05) is 18.2 Å². The fourth-order valence-electron chi connectivity index (χ4n) is 1.51. The summed E-state index contributed by atoms with van der Waals surface area (Å²) in [4.78, 5) is 16.1. The van der Waals surface area contributed by atoms with Crippen molar-refractivity contribution in [2.24, 2.45) is 0 Å². The molecule has 104 valence electrons. The van der Waals surface area contributed by atoms with Crippen LogP contribution in [0.5, 0.6) is 0 Å². The summed E-state index contributed by atoms with van der Waals surface area (Å²) < 4.78 is 50.4. The highest BCUT2D eigenvalue weighted by Crippen LogP contribution is 2.26. The van der Waals surface area contributed by atoms with Crippen molar-refractivity contribution in [2.45, 2.75) is 6.18 Å². The summed E-state index contributed by atoms with van der Waals surface area (Å²) in [6, 6.07) is 6.18. The second-order valence-corrected chi connectivity index (χ2v) is 3.91. The van der Waals surface area contributed by atoms with E-state index in [0.29, 0.717) is 11.6 Å². The van der Waals surface area contributed by atoms with Gasteiger partial charge in [0.15, 0.2) is 0 Å². The molecule has 0 spiro atoms. The van der Waals surface area contributed by atoms with E-state index in [4.69, 9.17) is 0 Å². The van der Waals surface area contributed by atoms with Gasteiger partial charge in [-0.05, 0) is 29.8 Å². The normalized spacial score (nSPS) is 12.0. The number of aromatic amines is 1. The van der Waals surface area contributed by atoms with Crippen molar-refractivity contribution < 1.29 is 17.6 Å². The van der Waals surface area contributed by atoms with Gasteiger partial charge in [0.2, 0.25) is 0 Å². The fraction of sp³-hybridized carbons (Fsp3) is 0.0769. The van der Waals surface area contributed by atoms with Crippen LogP contribution in [0.3, 0.4) is 0 Å². The number of H-pyrrole nitrogens is 1. The van der Waals surface area contributed by atoms with Crippen LogP contribution in [0.4, 0.5) is 17.6 Å². The monoisotopic (exact) mass is 284 g/mol. The van der Waals surface area contributed by atoms with Crippen LogP contribution in [0, 0.1) is 5.82 Å². The molecular weight excluding hydrogens is 276 g/mol. The summed E-state index contributed by atoms with van der Waals surface area (Å²) in [6.45, 7) is 0. The molecule has 0 saturated carbocycles. The van der Waals surface area contributed by atoms with Gasteiger partial charge in [-0.15, -0.1) is 0 Å². The molecule has 0 fully saturated rings. The van der Waals surface area contributed by atoms with E-state index in [1.54, 1.807) is 11.1 Å². The van der Waals surface area contributed by atoms with E-state index < -0.39 is 23.4 Å². The van der Waals surface area contributed by atoms with Crippen molar-refractivity contribution in [3.8, 4) is 0 Å². The maximum Gasteiger partial charge on any atom is 0.431 e. The van der Waals surface area contributed by atoms with Crippen LogP contribution >= 0.6 is 0 Å². The minimum atomic E-state index is -4.66. The maximum absolute atomic E-state index is 12.9. The zero-order chi connectivity index (χ0) is 14.8. The van der Waals surface area contributed by atoms with Gasteiger partial charge in [0, 0.05) is 0 Å². The lowest BCUT2D eigenvalue weighted by Gasteiger charge is -2.05. The van der Waals surface area contributed by atoms with Crippen LogP contribution in [-0.4, -0.2) is 9.97 Å². The fourth-order valence-corrected chi connectivity index (χ4v) is 1.51. The first-order chi connectivity index (χ1) is 9.34. The van der Waals surface area contributed by atoms with Gasteiger partial charge >= 0.3 is 11.9 Å². The quantitative estimate of drug-likeness (QED) is 0.861. The molecule has 0 saturated heterocycles. The average molecular weight is 284 g/mol. The van der Waals surface area contributed by atoms with Gasteiger partial charge in [-0.25, -0.2) is 9.18 Å². The predicted octanol–water partition coefficient (Wildman–Crippen LogP) is 3.10. The Kier molecular flexibility index (Phi) is 3.69. The molecule has 1 aromatic heterocycles. The van der Waals surface area contributed by atoms with Crippen LogP contribution in [-0.2, 0) is 6.18 Å². The lowest BCUT2D eigenvalue weighted by atomic mass is 10.2. The second-order valence-electron chi connectivity index (χ2n) is 3.91. The number of hydrogen-bond acceptors (Lipinski definition) is 2. The van der Waals surface area contributed by atoms with Crippen molar-refractivity contribution in [3.63, 3.8) is 0 Å². The molecule has 1 heterocycles. The molecule has 2 aromatic rings. The van der Waals surface area contributed by atoms with Crippen molar-refractivity contribution in [1.82, 2.24) is 9.97 Å². The van der Waals surface area contributed by atoms with Crippen molar-refractivity contribution in [2.75, 3.05) is 0 Å². The molecule has 0 bridgehead atoms. The molecule has 0 atom stereocenters. The molecule has 0 radical (unpaired) electrons. The summed E-state index contributed by atoms with van der Waals surface area (Å²) in [5.74, 6) is -0.470. The molecule has 0 aliphatic rings. The Morgan fingerprint density at radius 1 is 1.15 bits per heavy atom. The molecule has 3 nitrogen and oxygen atoms in total. The molecule has 0 amide bonds. The largest absolute Gasteiger partial charge is 0.431 e. The summed E-state index contributed by atoms with van der Waals surface area (Å²) >= 11 is 0. The highest BCUT2D eigenvalue weighted by molar-refractivity contribution is 5.67. The van der Waals surface area contributed by atoms with Crippen LogP contribution in [0.15, 0.2) is 35.1 Å². The summed E-state index contributed by atoms with van der Waals surface area (Å²) in [5, 5.41) is 0. The Bertz CT molecular complexity index is 704. The molecule has 0 unspecified atom stereocenters. The Balaban J connectivity index is 2.34. The van der Waals surface area contributed by atoms with E-state index in [-0.39, 0.29) is 5.69 Å². The number of aromatic nitrogens is 2. The SMILES string of the molecule is O=c1nc(/C=C/c2cccc(F)c2)cc(C(F)(F)F)[nH]1. The zero-order valence-corrected chi connectivity index (χ0v) is 9.91. The first-order valence-corrected chi connectivity index (χ1v) is 5.47. The molecule has 1 aromatic carbocycles. The lowest BCUT2D eigenvalue weighted by molar-refractivity contribution is -0.141. The number of hydrogen-bond donors (Lipinski definition) is 1. The minimum absolute atomic E-state index is 0.162. The van der Waals surface area contributed by atoms with Gasteiger partial charge in [-0.2, -0.15) is 18.2 Å². The maximum atomic E-state index is 12.9. The zero-order valence-electron chi connectivity index (χ0n) is 9.91. The Hall–Kier alpha value is -2.44. The number of alkyl halides is 3. The van der Waals surface area contributed by atoms with Crippen molar-refractivity contribution in [1.29, 1.82) is 0 Å². The molecule has 0 aliphatic carbocycles. The number of benzene rings is 1. The number of rotatable bonds is 2. The van der Waals surface area contributed by atoms with Crippen LogP contribution < -0.4 is 5.69 Å². The van der Waals surface area contributed by atoms with Gasteiger partial charge in [-0.3, -0.25) is 0 Å². The van der Waals surface area contributed by atoms with E-state index in [9.17, 15) is 22.4 Å². The van der Waals surface area contributed by atoms with E-state index in [1.165, 1.54) is 30.4 Å². The third-order valence-corrected chi connectivity index (χ3v) is 2.37. The standard InChI is InChI=1S/C13H8F4N2O/c14-9-3-1-2-8(6-9)4-5-10-7-11(13(15,16)17)19-12(20)18-10/h1-7H,(H,18,19,20)/b5-4+. The summed E-state index contributed by atoms with van der Waals surface area (Å²) in [5.41, 5.74) is -2.00. The van der Waals surface area contributed by atoms with Crippen molar-refractivity contribution in [3.05, 3.63) is 63.6 Å². The number of nitrogens with zero attached hydrogens (tertiary/aromatic N) is 1. The van der Waals surface area contributed by atoms with E-state index >= 15 is 0 Å². The Morgan fingerprint density at radius 2 is 1.90 bits per heavy atom. The van der Waals surface area contributed by atoms with E-state index in [0.717, 1.165) is 0 Å². The van der Waals surface area contributed by atoms with Gasteiger partial charge in [0.05, 0.1) is 5.69 Å². The minimum Gasteiger partial charge on any atom is -0.302 e. The van der Waals surface area contributed by atoms with Gasteiger partial charge < -0.3 is 4.98 Å². The van der Waals surface area contributed by atoms with Crippen LogP contribution in [0.2, 0.25) is 0 Å². The molecule has 0 aliphatic heterocycles. The smallest absolute Gasteiger partial charge is 0.302 e. The van der Waals surface area contributed by atoms with Gasteiger partial charge in [0.25, 0.3) is 0 Å². The summed E-state index contributed by atoms with van der Waals surface area (Å²) in [7, 11) is 0. The number of halogens is 4. The first kappa shape index (κ1) is 14.0. The molecule has 7 heteroatoms. The summed E-state index contributed by atoms with van der Waals surface area (Å²) in [6.07, 6.45) is -2.09. The number of nitrogens with one attached hydrogen (secondary N) is 1. The topological polar surface area (TPSA) is 45.8 Å². The highest BCUT2D eigenvalue weighted by Gasteiger charge is 2.32. The average Bonchev–Trinajstić information content (AvgIpc) is 2.35. The van der Waals surface area contributed by atoms with E-state index in [2.05, 4.69) is 4.98 Å². The van der Waals surface area contributed by atoms with Gasteiger partial charge in [0.1, 0.15) is 11.5 Å².